The maximum Gasteiger partial charge on any atom is 0.338 e. The van der Waals surface area contributed by atoms with Gasteiger partial charge >= 0.3 is 11.9 Å². The van der Waals surface area contributed by atoms with Crippen LogP contribution in [0.2, 0.25) is 0 Å². The molecule has 0 saturated heterocycles. The molecule has 0 aliphatic carbocycles. The number of carbonyl (C=O) groups is 2. The smallest absolute Gasteiger partial charge is 0.338 e. The molecule has 24 heavy (non-hydrogen) atoms. The van der Waals surface area contributed by atoms with Gasteiger partial charge in [0.2, 0.25) is 0 Å². The number of thiophene rings is 2. The van der Waals surface area contributed by atoms with Gasteiger partial charge in [0.1, 0.15) is 13.2 Å². The highest BCUT2D eigenvalue weighted by molar-refractivity contribution is 7.08. The van der Waals surface area contributed by atoms with E-state index in [4.69, 9.17) is 9.47 Å². The van der Waals surface area contributed by atoms with Gasteiger partial charge in [-0.3, -0.25) is 0 Å². The minimum absolute atomic E-state index is 0.217. The molecule has 6 heteroatoms. The third kappa shape index (κ3) is 4.31. The molecule has 3 rings (SSSR count). The summed E-state index contributed by atoms with van der Waals surface area (Å²) in [7, 11) is 0. The lowest BCUT2D eigenvalue weighted by molar-refractivity contribution is 0.0471. The molecule has 0 N–H and O–H groups in total. The van der Waals surface area contributed by atoms with Crippen LogP contribution < -0.4 is 0 Å². The Morgan fingerprint density at radius 2 is 1.29 bits per heavy atom. The Bertz CT molecular complexity index is 742. The number of benzene rings is 1. The maximum absolute atomic E-state index is 12.1. The van der Waals surface area contributed by atoms with Gasteiger partial charge in [0, 0.05) is 11.1 Å². The number of esters is 2. The number of ether oxygens (including phenoxy) is 2. The standard InChI is InChI=1S/C18H14O4S2/c19-17(21-9-13-4-6-23-11-13)15-2-1-3-16(8-15)18(20)22-10-14-5-7-24-12-14/h1-8,11-12H,9-10H2. The van der Waals surface area contributed by atoms with Crippen molar-refractivity contribution in [2.45, 2.75) is 13.2 Å². The van der Waals surface area contributed by atoms with E-state index in [0.717, 1.165) is 11.1 Å². The third-order valence-corrected chi connectivity index (χ3v) is 4.70. The summed E-state index contributed by atoms with van der Waals surface area (Å²) < 4.78 is 10.5. The van der Waals surface area contributed by atoms with E-state index in [0.29, 0.717) is 11.1 Å². The van der Waals surface area contributed by atoms with Crippen LogP contribution in [-0.4, -0.2) is 11.9 Å². The Balaban J connectivity index is 1.60. The fourth-order valence-electron chi connectivity index (χ4n) is 1.99. The molecule has 122 valence electrons. The topological polar surface area (TPSA) is 52.6 Å². The Labute approximate surface area is 147 Å². The molecule has 0 bridgehead atoms. The first-order valence-electron chi connectivity index (χ1n) is 7.19. The lowest BCUT2D eigenvalue weighted by Gasteiger charge is -2.06. The molecular formula is C18H14O4S2. The van der Waals surface area contributed by atoms with Crippen molar-refractivity contribution in [1.82, 2.24) is 0 Å². The summed E-state index contributed by atoms with van der Waals surface area (Å²) >= 11 is 3.09. The molecule has 2 heterocycles. The first kappa shape index (κ1) is 16.4. The molecule has 0 aliphatic rings. The first-order valence-corrected chi connectivity index (χ1v) is 9.07. The van der Waals surface area contributed by atoms with Crippen LogP contribution in [0.1, 0.15) is 31.8 Å². The summed E-state index contributed by atoms with van der Waals surface area (Å²) in [5.74, 6) is -0.928. The van der Waals surface area contributed by atoms with Gasteiger partial charge in [0.05, 0.1) is 11.1 Å². The van der Waals surface area contributed by atoms with Crippen LogP contribution in [-0.2, 0) is 22.7 Å². The van der Waals surface area contributed by atoms with Gasteiger partial charge in [-0.05, 0) is 51.9 Å². The second-order valence-corrected chi connectivity index (χ2v) is 6.56. The van der Waals surface area contributed by atoms with E-state index in [-0.39, 0.29) is 13.2 Å². The van der Waals surface area contributed by atoms with Crippen LogP contribution >= 0.6 is 22.7 Å². The van der Waals surface area contributed by atoms with E-state index in [1.165, 1.54) is 6.07 Å². The van der Waals surface area contributed by atoms with Crippen molar-refractivity contribution in [2.24, 2.45) is 0 Å². The minimum atomic E-state index is -0.464. The van der Waals surface area contributed by atoms with E-state index in [1.54, 1.807) is 40.9 Å². The Kier molecular flexibility index (Phi) is 5.40. The largest absolute Gasteiger partial charge is 0.457 e. The third-order valence-electron chi connectivity index (χ3n) is 3.23. The Morgan fingerprint density at radius 3 is 1.71 bits per heavy atom. The number of hydrogen-bond donors (Lipinski definition) is 0. The average molecular weight is 358 g/mol. The lowest BCUT2D eigenvalue weighted by atomic mass is 10.1. The summed E-state index contributed by atoms with van der Waals surface area (Å²) in [6, 6.07) is 10.2. The second-order valence-electron chi connectivity index (χ2n) is 5.00. The van der Waals surface area contributed by atoms with Crippen LogP contribution in [0, 0.1) is 0 Å². The first-order chi connectivity index (χ1) is 11.7. The zero-order chi connectivity index (χ0) is 16.8. The lowest BCUT2D eigenvalue weighted by Crippen LogP contribution is -2.09. The van der Waals surface area contributed by atoms with Crippen LogP contribution in [0.5, 0.6) is 0 Å². The van der Waals surface area contributed by atoms with Gasteiger partial charge in [-0.2, -0.15) is 22.7 Å². The van der Waals surface area contributed by atoms with E-state index in [2.05, 4.69) is 0 Å². The SMILES string of the molecule is O=C(OCc1ccsc1)c1cccc(C(=O)OCc2ccsc2)c1. The Morgan fingerprint density at radius 1 is 0.792 bits per heavy atom. The molecule has 4 nitrogen and oxygen atoms in total. The number of carbonyl (C=O) groups excluding carboxylic acids is 2. The average Bonchev–Trinajstić information content (AvgIpc) is 3.31. The normalized spacial score (nSPS) is 10.3. The van der Waals surface area contributed by atoms with E-state index in [1.807, 2.05) is 33.7 Å². The van der Waals surface area contributed by atoms with Crippen molar-refractivity contribution >= 4 is 34.6 Å². The maximum atomic E-state index is 12.1. The minimum Gasteiger partial charge on any atom is -0.457 e. The molecule has 0 saturated carbocycles. The van der Waals surface area contributed by atoms with Crippen molar-refractivity contribution in [1.29, 1.82) is 0 Å². The zero-order valence-electron chi connectivity index (χ0n) is 12.6. The second kappa shape index (κ2) is 7.90. The van der Waals surface area contributed by atoms with Crippen molar-refractivity contribution in [3.63, 3.8) is 0 Å². The quantitative estimate of drug-likeness (QED) is 0.608. The van der Waals surface area contributed by atoms with Crippen LogP contribution in [0.3, 0.4) is 0 Å². The van der Waals surface area contributed by atoms with Crippen molar-refractivity contribution < 1.29 is 19.1 Å². The van der Waals surface area contributed by atoms with Crippen LogP contribution in [0.4, 0.5) is 0 Å². The summed E-state index contributed by atoms with van der Waals surface area (Å²) in [5, 5.41) is 7.69. The highest BCUT2D eigenvalue weighted by Crippen LogP contribution is 2.13. The molecule has 0 radical (unpaired) electrons. The van der Waals surface area contributed by atoms with Crippen molar-refractivity contribution in [3.8, 4) is 0 Å². The fraction of sp³-hybridized carbons (Fsp3) is 0.111. The van der Waals surface area contributed by atoms with E-state index in [9.17, 15) is 9.59 Å². The monoisotopic (exact) mass is 358 g/mol. The van der Waals surface area contributed by atoms with E-state index >= 15 is 0 Å². The molecule has 0 spiro atoms. The van der Waals surface area contributed by atoms with Crippen molar-refractivity contribution in [3.05, 3.63) is 80.2 Å². The van der Waals surface area contributed by atoms with Gasteiger partial charge in [-0.15, -0.1) is 0 Å². The number of hydrogen-bond acceptors (Lipinski definition) is 6. The molecule has 0 fully saturated rings. The molecule has 0 atom stereocenters. The van der Waals surface area contributed by atoms with Gasteiger partial charge in [-0.25, -0.2) is 9.59 Å². The fourth-order valence-corrected chi connectivity index (χ4v) is 3.29. The summed E-state index contributed by atoms with van der Waals surface area (Å²) in [6.07, 6.45) is 0. The molecule has 3 aromatic rings. The summed E-state index contributed by atoms with van der Waals surface area (Å²) in [6.45, 7) is 0.435. The van der Waals surface area contributed by atoms with Crippen LogP contribution in [0.25, 0.3) is 0 Å². The summed E-state index contributed by atoms with van der Waals surface area (Å²) in [4.78, 5) is 24.2. The predicted molar refractivity (Wildman–Crippen MR) is 93.3 cm³/mol. The molecule has 0 aliphatic heterocycles. The summed E-state index contributed by atoms with van der Waals surface area (Å²) in [5.41, 5.74) is 2.55. The predicted octanol–water partition coefficient (Wildman–Crippen LogP) is 4.52. The Hall–Kier alpha value is -2.44. The molecule has 0 amide bonds. The van der Waals surface area contributed by atoms with Gasteiger partial charge in [-0.1, -0.05) is 6.07 Å². The molecule has 0 unspecified atom stereocenters. The van der Waals surface area contributed by atoms with Crippen LogP contribution in [0.15, 0.2) is 57.9 Å². The van der Waals surface area contributed by atoms with Gasteiger partial charge < -0.3 is 9.47 Å². The molecule has 1 aromatic carbocycles. The number of rotatable bonds is 6. The van der Waals surface area contributed by atoms with Crippen molar-refractivity contribution in [2.75, 3.05) is 0 Å². The molecule has 2 aromatic heterocycles. The van der Waals surface area contributed by atoms with E-state index < -0.39 is 11.9 Å². The highest BCUT2D eigenvalue weighted by Gasteiger charge is 2.13. The highest BCUT2D eigenvalue weighted by atomic mass is 32.1. The van der Waals surface area contributed by atoms with Gasteiger partial charge in [0.25, 0.3) is 0 Å². The van der Waals surface area contributed by atoms with Gasteiger partial charge in [0.15, 0.2) is 0 Å². The molecular weight excluding hydrogens is 344 g/mol. The zero-order valence-corrected chi connectivity index (χ0v) is 14.3.